The lowest BCUT2D eigenvalue weighted by Gasteiger charge is -2.25. The summed E-state index contributed by atoms with van der Waals surface area (Å²) in [7, 11) is 0. The Labute approximate surface area is 129 Å². The molecule has 1 aliphatic rings. The number of aromatic hydroxyl groups is 2. The fraction of sp³-hybridized carbons (Fsp3) is 0.278. The van der Waals surface area contributed by atoms with Gasteiger partial charge in [-0.05, 0) is 54.7 Å². The quantitative estimate of drug-likeness (QED) is 0.852. The van der Waals surface area contributed by atoms with Gasteiger partial charge in [-0.1, -0.05) is 24.3 Å². The van der Waals surface area contributed by atoms with Gasteiger partial charge in [-0.25, -0.2) is 0 Å². The third-order valence-corrected chi connectivity index (χ3v) is 4.15. The van der Waals surface area contributed by atoms with Crippen molar-refractivity contribution in [3.8, 4) is 11.5 Å². The molecule has 0 radical (unpaired) electrons. The summed E-state index contributed by atoms with van der Waals surface area (Å²) in [5.74, 6) is 0.173. The first-order valence-corrected chi connectivity index (χ1v) is 7.30. The second kappa shape index (κ2) is 5.72. The summed E-state index contributed by atoms with van der Waals surface area (Å²) in [6, 6.07) is 13.9. The largest absolute Gasteiger partial charge is 0.508 e. The van der Waals surface area contributed by atoms with Crippen molar-refractivity contribution in [1.82, 2.24) is 0 Å². The zero-order valence-corrected chi connectivity index (χ0v) is 12.2. The van der Waals surface area contributed by atoms with Gasteiger partial charge in [0.05, 0.1) is 12.0 Å². The van der Waals surface area contributed by atoms with Crippen molar-refractivity contribution in [3.05, 3.63) is 59.7 Å². The zero-order valence-electron chi connectivity index (χ0n) is 12.2. The average molecular weight is 298 g/mol. The van der Waals surface area contributed by atoms with Crippen LogP contribution < -0.4 is 0 Å². The van der Waals surface area contributed by atoms with Crippen molar-refractivity contribution in [2.45, 2.75) is 19.3 Å². The van der Waals surface area contributed by atoms with Crippen LogP contribution in [0, 0.1) is 5.41 Å². The topological polar surface area (TPSA) is 66.8 Å². The van der Waals surface area contributed by atoms with E-state index < -0.39 is 5.41 Å². The SMILES string of the molecule is O=C1OCCC1(Cc1cccc(O)c1)Cc1cccc(O)c1. The Balaban J connectivity index is 1.90. The number of carbonyl (C=O) groups excluding carboxylic acids is 1. The van der Waals surface area contributed by atoms with Crippen molar-refractivity contribution >= 4 is 5.97 Å². The molecule has 1 fully saturated rings. The molecule has 22 heavy (non-hydrogen) atoms. The van der Waals surface area contributed by atoms with Gasteiger partial charge >= 0.3 is 5.97 Å². The van der Waals surface area contributed by atoms with Gasteiger partial charge < -0.3 is 14.9 Å². The fourth-order valence-corrected chi connectivity index (χ4v) is 3.09. The average Bonchev–Trinajstić information content (AvgIpc) is 2.80. The third-order valence-electron chi connectivity index (χ3n) is 4.15. The van der Waals surface area contributed by atoms with E-state index in [9.17, 15) is 15.0 Å². The van der Waals surface area contributed by atoms with E-state index in [0.29, 0.717) is 25.9 Å². The molecule has 114 valence electrons. The normalized spacial score (nSPS) is 16.5. The van der Waals surface area contributed by atoms with E-state index in [2.05, 4.69) is 0 Å². The lowest BCUT2D eigenvalue weighted by molar-refractivity contribution is -0.146. The van der Waals surface area contributed by atoms with Crippen molar-refractivity contribution < 1.29 is 19.7 Å². The molecule has 2 N–H and O–H groups in total. The van der Waals surface area contributed by atoms with Gasteiger partial charge in [0.15, 0.2) is 0 Å². The second-order valence-corrected chi connectivity index (χ2v) is 5.86. The summed E-state index contributed by atoms with van der Waals surface area (Å²) >= 11 is 0. The van der Waals surface area contributed by atoms with Crippen molar-refractivity contribution in [2.75, 3.05) is 6.61 Å². The van der Waals surface area contributed by atoms with Crippen LogP contribution in [0.25, 0.3) is 0 Å². The fourth-order valence-electron chi connectivity index (χ4n) is 3.09. The molecular formula is C18H18O4. The maximum absolute atomic E-state index is 12.3. The maximum Gasteiger partial charge on any atom is 0.312 e. The molecule has 4 heteroatoms. The molecule has 0 spiro atoms. The molecule has 0 unspecified atom stereocenters. The molecule has 4 nitrogen and oxygen atoms in total. The van der Waals surface area contributed by atoms with Crippen LogP contribution in [-0.2, 0) is 22.4 Å². The number of carbonyl (C=O) groups is 1. The van der Waals surface area contributed by atoms with E-state index in [1.807, 2.05) is 12.1 Å². The number of ether oxygens (including phenoxy) is 1. The Kier molecular flexibility index (Phi) is 3.75. The predicted molar refractivity (Wildman–Crippen MR) is 81.6 cm³/mol. The molecule has 0 bridgehead atoms. The maximum atomic E-state index is 12.3. The molecule has 2 aromatic carbocycles. The molecule has 1 heterocycles. The minimum absolute atomic E-state index is 0.191. The molecular weight excluding hydrogens is 280 g/mol. The summed E-state index contributed by atoms with van der Waals surface area (Å²) in [5, 5.41) is 19.2. The Morgan fingerprint density at radius 1 is 0.955 bits per heavy atom. The zero-order chi connectivity index (χ0) is 15.6. The lowest BCUT2D eigenvalue weighted by Crippen LogP contribution is -2.31. The van der Waals surface area contributed by atoms with Crippen LogP contribution in [-0.4, -0.2) is 22.8 Å². The first-order chi connectivity index (χ1) is 10.6. The molecule has 0 amide bonds. The number of phenolic OH excluding ortho intramolecular Hbond substituents is 2. The summed E-state index contributed by atoms with van der Waals surface area (Å²) in [5.41, 5.74) is 1.17. The standard InChI is InChI=1S/C18H18O4/c19-15-5-1-3-13(9-15)11-18(7-8-22-17(18)21)12-14-4-2-6-16(20)10-14/h1-6,9-10,19-20H,7-8,11-12H2. The molecule has 0 aliphatic carbocycles. The van der Waals surface area contributed by atoms with Crippen LogP contribution in [0.4, 0.5) is 0 Å². The number of hydrogen-bond donors (Lipinski definition) is 2. The monoisotopic (exact) mass is 298 g/mol. The predicted octanol–water partition coefficient (Wildman–Crippen LogP) is 2.82. The Hall–Kier alpha value is -2.49. The van der Waals surface area contributed by atoms with E-state index in [1.165, 1.54) is 0 Å². The van der Waals surface area contributed by atoms with Crippen LogP contribution >= 0.6 is 0 Å². The molecule has 1 aliphatic heterocycles. The van der Waals surface area contributed by atoms with E-state index >= 15 is 0 Å². The summed E-state index contributed by atoms with van der Waals surface area (Å²) in [6.45, 7) is 0.413. The highest BCUT2D eigenvalue weighted by atomic mass is 16.5. The van der Waals surface area contributed by atoms with Gasteiger partial charge in [0.25, 0.3) is 0 Å². The molecule has 1 saturated heterocycles. The number of cyclic esters (lactones) is 1. The van der Waals surface area contributed by atoms with E-state index in [1.54, 1.807) is 36.4 Å². The third kappa shape index (κ3) is 2.91. The van der Waals surface area contributed by atoms with Crippen LogP contribution in [0.5, 0.6) is 11.5 Å². The number of phenols is 2. The van der Waals surface area contributed by atoms with Crippen LogP contribution in [0.15, 0.2) is 48.5 Å². The first kappa shape index (κ1) is 14.4. The molecule has 2 aromatic rings. The number of hydrogen-bond acceptors (Lipinski definition) is 4. The van der Waals surface area contributed by atoms with Crippen molar-refractivity contribution in [3.63, 3.8) is 0 Å². The number of benzene rings is 2. The minimum Gasteiger partial charge on any atom is -0.508 e. The van der Waals surface area contributed by atoms with Crippen LogP contribution in [0.1, 0.15) is 17.5 Å². The molecule has 0 saturated carbocycles. The van der Waals surface area contributed by atoms with Gasteiger partial charge in [-0.2, -0.15) is 0 Å². The summed E-state index contributed by atoms with van der Waals surface area (Å²) in [4.78, 5) is 12.3. The molecule has 0 atom stereocenters. The van der Waals surface area contributed by atoms with Gasteiger partial charge in [0, 0.05) is 0 Å². The molecule has 0 aromatic heterocycles. The highest BCUT2D eigenvalue weighted by Gasteiger charge is 2.44. The summed E-state index contributed by atoms with van der Waals surface area (Å²) in [6.07, 6.45) is 1.66. The highest BCUT2D eigenvalue weighted by Crippen LogP contribution is 2.38. The smallest absolute Gasteiger partial charge is 0.312 e. The van der Waals surface area contributed by atoms with E-state index in [-0.39, 0.29) is 17.5 Å². The molecule has 3 rings (SSSR count). The minimum atomic E-state index is -0.637. The Morgan fingerprint density at radius 3 is 1.91 bits per heavy atom. The second-order valence-electron chi connectivity index (χ2n) is 5.86. The van der Waals surface area contributed by atoms with E-state index in [4.69, 9.17) is 4.74 Å². The Bertz CT molecular complexity index is 645. The lowest BCUT2D eigenvalue weighted by atomic mass is 9.75. The summed E-state index contributed by atoms with van der Waals surface area (Å²) < 4.78 is 5.21. The highest BCUT2D eigenvalue weighted by molar-refractivity contribution is 5.79. The van der Waals surface area contributed by atoms with Gasteiger partial charge in [-0.3, -0.25) is 4.79 Å². The van der Waals surface area contributed by atoms with Crippen molar-refractivity contribution in [2.24, 2.45) is 5.41 Å². The van der Waals surface area contributed by atoms with Crippen LogP contribution in [0.3, 0.4) is 0 Å². The van der Waals surface area contributed by atoms with E-state index in [0.717, 1.165) is 11.1 Å². The van der Waals surface area contributed by atoms with Crippen LogP contribution in [0.2, 0.25) is 0 Å². The number of esters is 1. The Morgan fingerprint density at radius 2 is 1.50 bits per heavy atom. The van der Waals surface area contributed by atoms with Crippen molar-refractivity contribution in [1.29, 1.82) is 0 Å². The van der Waals surface area contributed by atoms with Gasteiger partial charge in [0.2, 0.25) is 0 Å². The van der Waals surface area contributed by atoms with Gasteiger partial charge in [-0.15, -0.1) is 0 Å². The first-order valence-electron chi connectivity index (χ1n) is 7.30. The number of rotatable bonds is 4. The van der Waals surface area contributed by atoms with Gasteiger partial charge in [0.1, 0.15) is 11.5 Å².